The number of amides is 1. The van der Waals surface area contributed by atoms with Crippen LogP contribution < -0.4 is 25.3 Å². The van der Waals surface area contributed by atoms with E-state index in [-0.39, 0.29) is 77.8 Å². The van der Waals surface area contributed by atoms with Gasteiger partial charge >= 0.3 is 6.36 Å². The number of ether oxygens (including phenoxy) is 3. The molecule has 0 aliphatic heterocycles. The molecule has 1 fully saturated rings. The molecule has 4 aromatic rings. The molecule has 63 heavy (non-hydrogen) atoms. The average molecular weight is 890 g/mol. The molecule has 0 saturated heterocycles. The van der Waals surface area contributed by atoms with Gasteiger partial charge in [-0.25, -0.2) is 0 Å². The number of nitrogens with two attached hydrogens (primary N) is 1. The third kappa shape index (κ3) is 8.89. The highest BCUT2D eigenvalue weighted by Gasteiger charge is 2.68. The molecule has 0 spiro atoms. The smallest absolute Gasteiger partial charge is 0.507 e. The predicted molar refractivity (Wildman–Crippen MR) is 231 cm³/mol. The molecule has 4 N–H and O–H groups in total. The van der Waals surface area contributed by atoms with Crippen LogP contribution in [0.3, 0.4) is 0 Å². The molecule has 1 aromatic heterocycles. The normalized spacial score (nSPS) is 21.0. The summed E-state index contributed by atoms with van der Waals surface area (Å²) in [5.41, 5.74) is 5.12. The zero-order valence-electron chi connectivity index (χ0n) is 36.3. The van der Waals surface area contributed by atoms with Crippen molar-refractivity contribution in [2.24, 2.45) is 17.6 Å². The summed E-state index contributed by atoms with van der Waals surface area (Å²) in [4.78, 5) is 44.6. The van der Waals surface area contributed by atoms with Crippen molar-refractivity contribution in [1.82, 2.24) is 5.16 Å². The third-order valence-electron chi connectivity index (χ3n) is 12.8. The Bertz CT molecular complexity index is 2400. The standard InChI is InChI=1S/C47H54F3N3O9Si/c1-7-8-9-16-21-34(54)52-32-24-33(60-47(48,49)50)30-22-29-23-31-38(51)41-37(44(53-61-41)59-26-28-19-14-11-15-20-28)43(57)46(31,62-63(5,6)45(2,3)4)42(56)35(29)39(55)36(30)40(32)58-25-27-17-12-10-13-18-27/h10-15,17-20,24,29,31,38,55H,7-9,16,21-23,25-26,51H2,1-6H3,(H,52,54)/t29-,31-,38-,46-/m0/s1. The van der Waals surface area contributed by atoms with Crippen LogP contribution in [0.15, 0.2) is 76.8 Å². The number of aliphatic hydroxyl groups is 1. The predicted octanol–water partition coefficient (Wildman–Crippen LogP) is 10.3. The van der Waals surface area contributed by atoms with Crippen LogP contribution in [0.4, 0.5) is 18.9 Å². The topological polar surface area (TPSA) is 172 Å². The second kappa shape index (κ2) is 17.6. The number of ketones is 2. The Morgan fingerprint density at radius 1 is 0.952 bits per heavy atom. The summed E-state index contributed by atoms with van der Waals surface area (Å²) in [7, 11) is -3.11. The molecule has 1 amide bonds. The van der Waals surface area contributed by atoms with Crippen LogP contribution in [0.5, 0.6) is 17.4 Å². The quantitative estimate of drug-likeness (QED) is 0.0589. The van der Waals surface area contributed by atoms with Gasteiger partial charge in [0, 0.05) is 29.5 Å². The summed E-state index contributed by atoms with van der Waals surface area (Å²) < 4.78 is 72.5. The first kappa shape index (κ1) is 45.6. The highest BCUT2D eigenvalue weighted by atomic mass is 28.4. The van der Waals surface area contributed by atoms with E-state index in [0.29, 0.717) is 12.0 Å². The van der Waals surface area contributed by atoms with Crippen molar-refractivity contribution in [2.75, 3.05) is 5.32 Å². The maximum atomic E-state index is 15.7. The Balaban J connectivity index is 1.41. The van der Waals surface area contributed by atoms with Crippen molar-refractivity contribution in [3.05, 3.63) is 106 Å². The number of benzene rings is 3. The molecule has 0 unspecified atom stereocenters. The number of nitrogens with one attached hydrogen (secondary N) is 1. The second-order valence-corrected chi connectivity index (χ2v) is 22.8. The van der Waals surface area contributed by atoms with Gasteiger partial charge in [0.25, 0.3) is 5.88 Å². The van der Waals surface area contributed by atoms with Gasteiger partial charge in [0.05, 0.1) is 17.3 Å². The Morgan fingerprint density at radius 2 is 1.59 bits per heavy atom. The lowest BCUT2D eigenvalue weighted by atomic mass is 9.57. The lowest BCUT2D eigenvalue weighted by Gasteiger charge is -2.53. The van der Waals surface area contributed by atoms with Gasteiger partial charge in [0.1, 0.15) is 30.3 Å². The van der Waals surface area contributed by atoms with Crippen LogP contribution in [-0.4, -0.2) is 48.0 Å². The number of aliphatic hydroxyl groups excluding tert-OH is 1. The van der Waals surface area contributed by atoms with Gasteiger partial charge in [-0.15, -0.1) is 13.2 Å². The summed E-state index contributed by atoms with van der Waals surface area (Å²) in [6.07, 6.45) is -2.34. The summed E-state index contributed by atoms with van der Waals surface area (Å²) >= 11 is 0. The van der Waals surface area contributed by atoms with E-state index in [1.807, 2.05) is 71.1 Å². The molecule has 3 aliphatic carbocycles. The number of halogens is 3. The van der Waals surface area contributed by atoms with E-state index in [2.05, 4.69) is 15.2 Å². The molecular weight excluding hydrogens is 836 g/mol. The summed E-state index contributed by atoms with van der Waals surface area (Å²) in [5.74, 6) is -6.07. The van der Waals surface area contributed by atoms with Crippen LogP contribution in [0, 0.1) is 11.8 Å². The van der Waals surface area contributed by atoms with Gasteiger partial charge in [-0.2, -0.15) is 0 Å². The van der Waals surface area contributed by atoms with E-state index < -0.39 is 72.2 Å². The SMILES string of the molecule is CCCCCCC(=O)Nc1cc(OC(F)(F)F)c2c(c1OCc1ccccc1)C(O)=C1C(=O)[C@]3(O[Si](C)(C)C(C)(C)C)C(=O)c4c(OCc5ccccc5)noc4[C@@H](N)[C@@H]3C[C@@H]1C2. The third-order valence-corrected chi connectivity index (χ3v) is 17.2. The molecule has 16 heteroatoms. The number of rotatable bonds is 15. The number of anilines is 1. The van der Waals surface area contributed by atoms with Crippen molar-refractivity contribution in [3.63, 3.8) is 0 Å². The number of carbonyl (C=O) groups excluding carboxylic acids is 3. The molecule has 1 heterocycles. The van der Waals surface area contributed by atoms with Gasteiger partial charge in [0.2, 0.25) is 17.5 Å². The van der Waals surface area contributed by atoms with Crippen molar-refractivity contribution in [2.45, 2.75) is 122 Å². The fraction of sp³-hybridized carbons (Fsp3) is 0.447. The Morgan fingerprint density at radius 3 is 2.19 bits per heavy atom. The molecule has 7 rings (SSSR count). The Labute approximate surface area is 365 Å². The fourth-order valence-corrected chi connectivity index (χ4v) is 10.0. The highest BCUT2D eigenvalue weighted by molar-refractivity contribution is 6.74. The van der Waals surface area contributed by atoms with Crippen LogP contribution in [0.1, 0.15) is 111 Å². The second-order valence-electron chi connectivity index (χ2n) is 18.1. The molecule has 3 aromatic carbocycles. The maximum absolute atomic E-state index is 15.7. The number of hydrogen-bond donors (Lipinski definition) is 3. The zero-order valence-corrected chi connectivity index (χ0v) is 37.3. The number of aromatic nitrogens is 1. The number of unbranched alkanes of at least 4 members (excludes halogenated alkanes) is 3. The zero-order chi connectivity index (χ0) is 45.5. The van der Waals surface area contributed by atoms with Crippen molar-refractivity contribution >= 4 is 37.2 Å². The van der Waals surface area contributed by atoms with Gasteiger partial charge in [0.15, 0.2) is 25.4 Å². The minimum atomic E-state index is -5.18. The highest BCUT2D eigenvalue weighted by Crippen LogP contribution is 2.59. The lowest BCUT2D eigenvalue weighted by molar-refractivity contribution is -0.275. The summed E-state index contributed by atoms with van der Waals surface area (Å²) in [6.45, 7) is 11.5. The van der Waals surface area contributed by atoms with Crippen molar-refractivity contribution in [1.29, 1.82) is 0 Å². The Hall–Kier alpha value is -5.45. The molecule has 1 saturated carbocycles. The Kier molecular flexibility index (Phi) is 12.7. The molecule has 0 bridgehead atoms. The number of fused-ring (bicyclic) bond motifs is 4. The summed E-state index contributed by atoms with van der Waals surface area (Å²) in [6, 6.07) is 17.9. The minimum Gasteiger partial charge on any atom is -0.507 e. The number of hydrogen-bond acceptors (Lipinski definition) is 11. The first-order valence-electron chi connectivity index (χ1n) is 21.3. The molecule has 4 atom stereocenters. The van der Waals surface area contributed by atoms with E-state index in [4.69, 9.17) is 24.2 Å². The first-order valence-corrected chi connectivity index (χ1v) is 24.3. The summed E-state index contributed by atoms with van der Waals surface area (Å²) in [5, 5.41) is 18.9. The first-order chi connectivity index (χ1) is 29.8. The van der Waals surface area contributed by atoms with Gasteiger partial charge < -0.3 is 39.3 Å². The monoisotopic (exact) mass is 889 g/mol. The van der Waals surface area contributed by atoms with E-state index in [0.717, 1.165) is 30.9 Å². The average Bonchev–Trinajstić information content (AvgIpc) is 3.65. The largest absolute Gasteiger partial charge is 0.573 e. The van der Waals surface area contributed by atoms with Crippen LogP contribution in [0.2, 0.25) is 18.1 Å². The van der Waals surface area contributed by atoms with Gasteiger partial charge in [-0.1, -0.05) is 108 Å². The van der Waals surface area contributed by atoms with E-state index in [1.165, 1.54) is 0 Å². The molecule has 3 aliphatic rings. The van der Waals surface area contributed by atoms with Crippen LogP contribution in [0.25, 0.3) is 5.76 Å². The van der Waals surface area contributed by atoms with Crippen LogP contribution in [-0.2, 0) is 33.6 Å². The number of carbonyl (C=O) groups is 3. The van der Waals surface area contributed by atoms with Crippen molar-refractivity contribution < 1.29 is 55.8 Å². The molecular formula is C47H54F3N3O9Si. The minimum absolute atomic E-state index is 0.00625. The molecule has 0 radical (unpaired) electrons. The fourth-order valence-electron chi connectivity index (χ4n) is 8.57. The molecule has 12 nitrogen and oxygen atoms in total. The van der Waals surface area contributed by atoms with Crippen molar-refractivity contribution in [3.8, 4) is 17.4 Å². The maximum Gasteiger partial charge on any atom is 0.573 e. The van der Waals surface area contributed by atoms with Gasteiger partial charge in [-0.3, -0.25) is 14.4 Å². The van der Waals surface area contributed by atoms with Crippen LogP contribution >= 0.6 is 0 Å². The lowest BCUT2D eigenvalue weighted by Crippen LogP contribution is -2.68. The van der Waals surface area contributed by atoms with E-state index in [9.17, 15) is 23.1 Å². The number of alkyl halides is 3. The van der Waals surface area contributed by atoms with E-state index >= 15 is 9.59 Å². The van der Waals surface area contributed by atoms with Gasteiger partial charge in [-0.05, 0) is 59.6 Å². The van der Waals surface area contributed by atoms with E-state index in [1.54, 1.807) is 30.3 Å². The number of Topliss-reactive ketones (excluding diaryl/α,β-unsaturated/α-hetero) is 2. The molecule has 336 valence electrons. The number of nitrogens with zero attached hydrogens (tertiary/aromatic N) is 1.